The topological polar surface area (TPSA) is 44.2 Å². The minimum Gasteiger partial charge on any atom is -0.471 e. The number of nitrogens with zero attached hydrogens (tertiary/aromatic N) is 2. The predicted octanol–water partition coefficient (Wildman–Crippen LogP) is 1.54. The number of halogens is 1. The molecule has 0 N–H and O–H groups in total. The highest BCUT2D eigenvalue weighted by atomic mass is 35.5. The summed E-state index contributed by atoms with van der Waals surface area (Å²) in [6.07, 6.45) is 2.81. The Bertz CT molecular complexity index is 270. The van der Waals surface area contributed by atoms with Gasteiger partial charge in [0, 0.05) is 7.11 Å². The van der Waals surface area contributed by atoms with Crippen molar-refractivity contribution in [3.8, 4) is 5.88 Å². The van der Waals surface area contributed by atoms with Crippen molar-refractivity contribution in [3.63, 3.8) is 0 Å². The van der Waals surface area contributed by atoms with Crippen molar-refractivity contribution in [3.05, 3.63) is 17.5 Å². The van der Waals surface area contributed by atoms with E-state index in [1.54, 1.807) is 7.11 Å². The fraction of sp³-hybridized carbons (Fsp3) is 0.500. The van der Waals surface area contributed by atoms with Crippen LogP contribution in [0.2, 0.25) is 5.02 Å². The second kappa shape index (κ2) is 4.99. The molecule has 0 aliphatic carbocycles. The largest absolute Gasteiger partial charge is 0.471 e. The monoisotopic (exact) mass is 202 g/mol. The Balaban J connectivity index is 2.58. The average molecular weight is 203 g/mol. The van der Waals surface area contributed by atoms with Crippen molar-refractivity contribution < 1.29 is 9.47 Å². The van der Waals surface area contributed by atoms with E-state index in [2.05, 4.69) is 9.97 Å². The van der Waals surface area contributed by atoms with Crippen LogP contribution in [-0.4, -0.2) is 29.8 Å². The zero-order valence-corrected chi connectivity index (χ0v) is 8.28. The Kier molecular flexibility index (Phi) is 3.92. The maximum atomic E-state index is 5.78. The van der Waals surface area contributed by atoms with Gasteiger partial charge in [-0.3, -0.25) is 0 Å². The van der Waals surface area contributed by atoms with Crippen molar-refractivity contribution in [2.75, 3.05) is 13.7 Å². The summed E-state index contributed by atoms with van der Waals surface area (Å²) in [4.78, 5) is 7.62. The van der Waals surface area contributed by atoms with Crippen LogP contribution in [0.4, 0.5) is 0 Å². The maximum Gasteiger partial charge on any atom is 0.236 e. The molecular weight excluding hydrogens is 192 g/mol. The Morgan fingerprint density at radius 2 is 2.38 bits per heavy atom. The Morgan fingerprint density at radius 1 is 1.62 bits per heavy atom. The van der Waals surface area contributed by atoms with Crippen molar-refractivity contribution in [1.29, 1.82) is 0 Å². The molecular formula is C8H11ClN2O2. The molecule has 1 rings (SSSR count). The molecule has 0 bridgehead atoms. The molecule has 1 atom stereocenters. The van der Waals surface area contributed by atoms with Gasteiger partial charge in [0.15, 0.2) is 0 Å². The fourth-order valence-corrected chi connectivity index (χ4v) is 0.997. The molecule has 0 aliphatic heterocycles. The third kappa shape index (κ3) is 3.16. The standard InChI is InChI=1S/C8H11ClN2O2/c1-6(4-12-2)13-8-7(9)3-10-5-11-8/h3,5-6H,4H2,1-2H3. The summed E-state index contributed by atoms with van der Waals surface area (Å²) < 4.78 is 10.3. The highest BCUT2D eigenvalue weighted by molar-refractivity contribution is 6.31. The lowest BCUT2D eigenvalue weighted by atomic mass is 10.4. The molecule has 1 unspecified atom stereocenters. The third-order valence-corrected chi connectivity index (χ3v) is 1.61. The van der Waals surface area contributed by atoms with E-state index in [1.165, 1.54) is 12.5 Å². The van der Waals surface area contributed by atoms with Gasteiger partial charge >= 0.3 is 0 Å². The zero-order valence-electron chi connectivity index (χ0n) is 7.53. The molecule has 0 aliphatic rings. The van der Waals surface area contributed by atoms with Gasteiger partial charge in [0.25, 0.3) is 0 Å². The lowest BCUT2D eigenvalue weighted by Crippen LogP contribution is -2.18. The molecule has 4 nitrogen and oxygen atoms in total. The van der Waals surface area contributed by atoms with Crippen molar-refractivity contribution in [2.45, 2.75) is 13.0 Å². The quantitative estimate of drug-likeness (QED) is 0.743. The van der Waals surface area contributed by atoms with Gasteiger partial charge in [-0.2, -0.15) is 0 Å². The van der Waals surface area contributed by atoms with Crippen LogP contribution in [-0.2, 0) is 4.74 Å². The highest BCUT2D eigenvalue weighted by Crippen LogP contribution is 2.19. The predicted molar refractivity (Wildman–Crippen MR) is 49.0 cm³/mol. The Hall–Kier alpha value is -0.870. The van der Waals surface area contributed by atoms with Gasteiger partial charge in [-0.15, -0.1) is 0 Å². The molecule has 1 heterocycles. The minimum absolute atomic E-state index is 0.0719. The van der Waals surface area contributed by atoms with Crippen molar-refractivity contribution >= 4 is 11.6 Å². The summed E-state index contributed by atoms with van der Waals surface area (Å²) in [5, 5.41) is 0.408. The van der Waals surface area contributed by atoms with Crippen LogP contribution in [0.25, 0.3) is 0 Å². The summed E-state index contributed by atoms with van der Waals surface area (Å²) in [5.41, 5.74) is 0. The lowest BCUT2D eigenvalue weighted by molar-refractivity contribution is 0.0889. The number of ether oxygens (including phenoxy) is 2. The Labute approximate surface area is 81.9 Å². The van der Waals surface area contributed by atoms with E-state index in [1.807, 2.05) is 6.92 Å². The van der Waals surface area contributed by atoms with Crippen LogP contribution in [0.15, 0.2) is 12.5 Å². The van der Waals surface area contributed by atoms with E-state index in [0.717, 1.165) is 0 Å². The molecule has 0 aromatic carbocycles. The fourth-order valence-electron chi connectivity index (χ4n) is 0.847. The molecule has 72 valence electrons. The molecule has 1 aromatic rings. The molecule has 5 heteroatoms. The second-order valence-corrected chi connectivity index (χ2v) is 2.97. The third-order valence-electron chi connectivity index (χ3n) is 1.35. The van der Waals surface area contributed by atoms with E-state index < -0.39 is 0 Å². The first kappa shape index (κ1) is 10.2. The van der Waals surface area contributed by atoms with Crippen LogP contribution in [0, 0.1) is 0 Å². The summed E-state index contributed by atoms with van der Waals surface area (Å²) in [5.74, 6) is 0.390. The number of rotatable bonds is 4. The van der Waals surface area contributed by atoms with Gasteiger partial charge in [0.2, 0.25) is 5.88 Å². The number of hydrogen-bond acceptors (Lipinski definition) is 4. The van der Waals surface area contributed by atoms with Crippen LogP contribution in [0.1, 0.15) is 6.92 Å². The zero-order chi connectivity index (χ0) is 9.68. The van der Waals surface area contributed by atoms with Crippen LogP contribution in [0.5, 0.6) is 5.88 Å². The molecule has 0 saturated carbocycles. The van der Waals surface area contributed by atoms with E-state index in [-0.39, 0.29) is 6.10 Å². The molecule has 0 radical (unpaired) electrons. The highest BCUT2D eigenvalue weighted by Gasteiger charge is 2.07. The van der Waals surface area contributed by atoms with Crippen LogP contribution in [0.3, 0.4) is 0 Å². The minimum atomic E-state index is -0.0719. The first-order valence-corrected chi connectivity index (χ1v) is 4.23. The van der Waals surface area contributed by atoms with Gasteiger partial charge in [0.1, 0.15) is 17.5 Å². The van der Waals surface area contributed by atoms with Crippen LogP contribution < -0.4 is 4.74 Å². The SMILES string of the molecule is COCC(C)Oc1ncncc1Cl. The lowest BCUT2D eigenvalue weighted by Gasteiger charge is -2.12. The van der Waals surface area contributed by atoms with Gasteiger partial charge < -0.3 is 9.47 Å². The van der Waals surface area contributed by atoms with Crippen LogP contribution >= 0.6 is 11.6 Å². The number of aromatic nitrogens is 2. The maximum absolute atomic E-state index is 5.78. The first-order valence-electron chi connectivity index (χ1n) is 3.85. The molecule has 0 saturated heterocycles. The smallest absolute Gasteiger partial charge is 0.236 e. The molecule has 0 fully saturated rings. The first-order chi connectivity index (χ1) is 6.24. The van der Waals surface area contributed by atoms with Gasteiger partial charge in [-0.05, 0) is 6.92 Å². The summed E-state index contributed by atoms with van der Waals surface area (Å²) in [6.45, 7) is 2.38. The molecule has 13 heavy (non-hydrogen) atoms. The van der Waals surface area contributed by atoms with E-state index in [0.29, 0.717) is 17.5 Å². The normalized spacial score (nSPS) is 12.5. The molecule has 0 spiro atoms. The van der Waals surface area contributed by atoms with E-state index >= 15 is 0 Å². The summed E-state index contributed by atoms with van der Waals surface area (Å²) in [7, 11) is 1.61. The van der Waals surface area contributed by atoms with Gasteiger partial charge in [0.05, 0.1) is 12.8 Å². The number of hydrogen-bond donors (Lipinski definition) is 0. The van der Waals surface area contributed by atoms with Crippen molar-refractivity contribution in [1.82, 2.24) is 9.97 Å². The summed E-state index contributed by atoms with van der Waals surface area (Å²) in [6, 6.07) is 0. The van der Waals surface area contributed by atoms with Gasteiger partial charge in [-0.25, -0.2) is 9.97 Å². The second-order valence-electron chi connectivity index (χ2n) is 2.56. The Morgan fingerprint density at radius 3 is 3.00 bits per heavy atom. The van der Waals surface area contributed by atoms with E-state index in [9.17, 15) is 0 Å². The summed E-state index contributed by atoms with van der Waals surface area (Å²) >= 11 is 5.78. The molecule has 0 amide bonds. The number of methoxy groups -OCH3 is 1. The molecule has 1 aromatic heterocycles. The van der Waals surface area contributed by atoms with Gasteiger partial charge in [-0.1, -0.05) is 11.6 Å². The van der Waals surface area contributed by atoms with E-state index in [4.69, 9.17) is 21.1 Å². The average Bonchev–Trinajstić information content (AvgIpc) is 2.09. The van der Waals surface area contributed by atoms with Crippen molar-refractivity contribution in [2.24, 2.45) is 0 Å².